The summed E-state index contributed by atoms with van der Waals surface area (Å²) in [5.41, 5.74) is 0.894. The van der Waals surface area contributed by atoms with E-state index in [-0.39, 0.29) is 24.0 Å². The van der Waals surface area contributed by atoms with E-state index in [2.05, 4.69) is 58.9 Å². The molecule has 3 rings (SSSR count). The zero-order chi connectivity index (χ0) is 19.6. The van der Waals surface area contributed by atoms with Crippen LogP contribution in [0.15, 0.2) is 64.6 Å². The Morgan fingerprint density at radius 2 is 1.90 bits per heavy atom. The first-order chi connectivity index (χ1) is 13.8. The predicted molar refractivity (Wildman–Crippen MR) is 132 cm³/mol. The van der Waals surface area contributed by atoms with E-state index in [4.69, 9.17) is 4.99 Å². The van der Waals surface area contributed by atoms with Crippen molar-refractivity contribution in [3.05, 3.63) is 60.6 Å². The van der Waals surface area contributed by atoms with Gasteiger partial charge in [-0.05, 0) is 37.6 Å². The topological polar surface area (TPSA) is 66.6 Å². The van der Waals surface area contributed by atoms with Gasteiger partial charge in [-0.15, -0.1) is 45.9 Å². The van der Waals surface area contributed by atoms with E-state index in [0.717, 1.165) is 49.9 Å². The van der Waals surface area contributed by atoms with Gasteiger partial charge in [0.25, 0.3) is 0 Å². The standard InChI is InChI=1S/C21H28N6S.HI/c1-3-22-21(24-16-17(2)28-18-10-5-4-6-11-18)23-14-9-13-20-26-25-19-12-7-8-15-27(19)20;/h4-8,10-12,15,17H,3,9,13-14,16H2,1-2H3,(H2,22,23,24);1H. The van der Waals surface area contributed by atoms with Crippen molar-refractivity contribution in [1.82, 2.24) is 25.2 Å². The van der Waals surface area contributed by atoms with Crippen molar-refractivity contribution in [2.45, 2.75) is 36.8 Å². The Kier molecular flexibility index (Phi) is 10.3. The number of halogens is 1. The van der Waals surface area contributed by atoms with Crippen LogP contribution in [-0.4, -0.2) is 45.4 Å². The lowest BCUT2D eigenvalue weighted by Gasteiger charge is -2.13. The third-order valence-electron chi connectivity index (χ3n) is 4.19. The number of fused-ring (bicyclic) bond motifs is 1. The second kappa shape index (κ2) is 12.7. The molecule has 2 N–H and O–H groups in total. The van der Waals surface area contributed by atoms with Crippen LogP contribution in [0.4, 0.5) is 0 Å². The van der Waals surface area contributed by atoms with Crippen LogP contribution in [-0.2, 0) is 6.42 Å². The van der Waals surface area contributed by atoms with Crippen molar-refractivity contribution in [2.75, 3.05) is 19.6 Å². The number of hydrogen-bond donors (Lipinski definition) is 2. The highest BCUT2D eigenvalue weighted by atomic mass is 127. The Morgan fingerprint density at radius 3 is 2.69 bits per heavy atom. The quantitative estimate of drug-likeness (QED) is 0.146. The van der Waals surface area contributed by atoms with Gasteiger partial charge in [-0.3, -0.25) is 9.39 Å². The molecule has 0 aliphatic heterocycles. The number of benzene rings is 1. The number of guanidine groups is 1. The molecule has 0 saturated carbocycles. The number of hydrogen-bond acceptors (Lipinski definition) is 4. The molecule has 6 nitrogen and oxygen atoms in total. The second-order valence-corrected chi connectivity index (χ2v) is 8.05. The molecule has 0 amide bonds. The van der Waals surface area contributed by atoms with Crippen LogP contribution in [0, 0.1) is 0 Å². The highest BCUT2D eigenvalue weighted by Crippen LogP contribution is 2.22. The van der Waals surface area contributed by atoms with Crippen molar-refractivity contribution >= 4 is 47.3 Å². The zero-order valence-electron chi connectivity index (χ0n) is 16.9. The molecular formula is C21H29IN6S. The molecule has 2 aromatic heterocycles. The summed E-state index contributed by atoms with van der Waals surface area (Å²) in [4.78, 5) is 6.02. The van der Waals surface area contributed by atoms with Crippen molar-refractivity contribution < 1.29 is 0 Å². The Bertz CT molecular complexity index is 883. The van der Waals surface area contributed by atoms with Crippen LogP contribution >= 0.6 is 35.7 Å². The molecule has 2 heterocycles. The van der Waals surface area contributed by atoms with Gasteiger partial charge in [0.1, 0.15) is 5.82 Å². The summed E-state index contributed by atoms with van der Waals surface area (Å²) in [6.45, 7) is 6.75. The molecule has 3 aromatic rings. The van der Waals surface area contributed by atoms with E-state index < -0.39 is 0 Å². The lowest BCUT2D eigenvalue weighted by molar-refractivity contribution is 0.714. The summed E-state index contributed by atoms with van der Waals surface area (Å²) in [6, 6.07) is 16.4. The van der Waals surface area contributed by atoms with E-state index in [1.165, 1.54) is 4.90 Å². The molecule has 0 saturated heterocycles. The number of aryl methyl sites for hydroxylation is 1. The van der Waals surface area contributed by atoms with Crippen LogP contribution in [0.5, 0.6) is 0 Å². The monoisotopic (exact) mass is 524 g/mol. The van der Waals surface area contributed by atoms with Crippen LogP contribution in [0.1, 0.15) is 26.1 Å². The molecule has 0 radical (unpaired) electrons. The number of aromatic nitrogens is 3. The third-order valence-corrected chi connectivity index (χ3v) is 5.28. The zero-order valence-corrected chi connectivity index (χ0v) is 20.1. The lowest BCUT2D eigenvalue weighted by Crippen LogP contribution is -2.38. The summed E-state index contributed by atoms with van der Waals surface area (Å²) < 4.78 is 2.04. The molecule has 29 heavy (non-hydrogen) atoms. The minimum Gasteiger partial charge on any atom is -0.357 e. The van der Waals surface area contributed by atoms with E-state index in [0.29, 0.717) is 5.25 Å². The van der Waals surface area contributed by atoms with E-state index in [9.17, 15) is 0 Å². The van der Waals surface area contributed by atoms with Gasteiger partial charge in [-0.1, -0.05) is 31.2 Å². The summed E-state index contributed by atoms with van der Waals surface area (Å²) in [7, 11) is 0. The number of nitrogens with one attached hydrogen (secondary N) is 2. The minimum absolute atomic E-state index is 0. The van der Waals surface area contributed by atoms with Crippen LogP contribution in [0.3, 0.4) is 0 Å². The van der Waals surface area contributed by atoms with Crippen molar-refractivity contribution in [3.8, 4) is 0 Å². The number of thioether (sulfide) groups is 1. The van der Waals surface area contributed by atoms with Gasteiger partial charge in [-0.25, -0.2) is 0 Å². The predicted octanol–water partition coefficient (Wildman–Crippen LogP) is 4.02. The highest BCUT2D eigenvalue weighted by Gasteiger charge is 2.06. The molecule has 1 aromatic carbocycles. The maximum atomic E-state index is 4.73. The van der Waals surface area contributed by atoms with Gasteiger partial charge < -0.3 is 10.6 Å². The summed E-state index contributed by atoms with van der Waals surface area (Å²) in [5, 5.41) is 15.6. The Morgan fingerprint density at radius 1 is 1.10 bits per heavy atom. The van der Waals surface area contributed by atoms with Gasteiger partial charge in [0.15, 0.2) is 11.6 Å². The fourth-order valence-corrected chi connectivity index (χ4v) is 3.77. The summed E-state index contributed by atoms with van der Waals surface area (Å²) in [5.74, 6) is 1.86. The van der Waals surface area contributed by atoms with Crippen LogP contribution in [0.25, 0.3) is 5.65 Å². The number of rotatable bonds is 9. The Balaban J connectivity index is 0.00000300. The van der Waals surface area contributed by atoms with Crippen LogP contribution < -0.4 is 10.6 Å². The molecule has 0 aliphatic rings. The van der Waals surface area contributed by atoms with E-state index in [1.807, 2.05) is 46.6 Å². The fraction of sp³-hybridized carbons (Fsp3) is 0.381. The van der Waals surface area contributed by atoms with Crippen molar-refractivity contribution in [1.29, 1.82) is 0 Å². The van der Waals surface area contributed by atoms with Crippen molar-refractivity contribution in [3.63, 3.8) is 0 Å². The first kappa shape index (κ1) is 23.5. The number of aliphatic imine (C=N–C) groups is 1. The summed E-state index contributed by atoms with van der Waals surface area (Å²) in [6.07, 6.45) is 3.85. The Hall–Kier alpha value is -1.81. The highest BCUT2D eigenvalue weighted by molar-refractivity contribution is 14.0. The molecule has 0 spiro atoms. The Labute approximate surface area is 194 Å². The first-order valence-corrected chi connectivity index (χ1v) is 10.7. The van der Waals surface area contributed by atoms with Crippen molar-refractivity contribution in [2.24, 2.45) is 4.99 Å². The van der Waals surface area contributed by atoms with E-state index in [1.54, 1.807) is 0 Å². The minimum atomic E-state index is 0. The second-order valence-electron chi connectivity index (χ2n) is 6.54. The number of nitrogens with zero attached hydrogens (tertiary/aromatic N) is 4. The molecule has 0 aliphatic carbocycles. The van der Waals surface area contributed by atoms with Gasteiger partial charge >= 0.3 is 0 Å². The average molecular weight is 524 g/mol. The largest absolute Gasteiger partial charge is 0.357 e. The van der Waals surface area contributed by atoms with E-state index >= 15 is 0 Å². The smallest absolute Gasteiger partial charge is 0.191 e. The first-order valence-electron chi connectivity index (χ1n) is 9.79. The maximum absolute atomic E-state index is 4.73. The fourth-order valence-electron chi connectivity index (χ4n) is 2.84. The van der Waals surface area contributed by atoms with Gasteiger partial charge in [0, 0.05) is 35.9 Å². The van der Waals surface area contributed by atoms with Gasteiger partial charge in [0.2, 0.25) is 0 Å². The van der Waals surface area contributed by atoms with Gasteiger partial charge in [0.05, 0.1) is 6.54 Å². The molecule has 0 bridgehead atoms. The normalized spacial score (nSPS) is 12.4. The summed E-state index contributed by atoms with van der Waals surface area (Å²) >= 11 is 1.85. The van der Waals surface area contributed by atoms with Crippen LogP contribution in [0.2, 0.25) is 0 Å². The molecule has 8 heteroatoms. The average Bonchev–Trinajstić information content (AvgIpc) is 3.13. The van der Waals surface area contributed by atoms with Gasteiger partial charge in [-0.2, -0.15) is 0 Å². The molecule has 156 valence electrons. The molecule has 1 atom stereocenters. The molecule has 1 unspecified atom stereocenters. The molecule has 0 fully saturated rings. The lowest BCUT2D eigenvalue weighted by atomic mass is 10.3. The third kappa shape index (κ3) is 7.50. The maximum Gasteiger partial charge on any atom is 0.191 e. The molecular weight excluding hydrogens is 495 g/mol. The SMILES string of the molecule is CCNC(=NCC(C)Sc1ccccc1)NCCCc1nnc2ccccn12.I. The number of pyridine rings is 1.